The number of aryl methyl sites for hydroxylation is 1. The molecule has 0 aliphatic carbocycles. The number of rotatable bonds is 8. The predicted molar refractivity (Wildman–Crippen MR) is 131 cm³/mol. The van der Waals surface area contributed by atoms with Crippen molar-refractivity contribution in [3.05, 3.63) is 76.8 Å². The van der Waals surface area contributed by atoms with Crippen LogP contribution in [0.4, 0.5) is 25.7 Å². The number of halogens is 2. The molecule has 0 heterocycles. The number of carboxylic acid groups (broad SMARTS) is 1. The number of nitrogens with one attached hydrogen (secondary N) is 3. The molecule has 0 bridgehead atoms. The van der Waals surface area contributed by atoms with Crippen molar-refractivity contribution in [1.82, 2.24) is 0 Å². The molecule has 0 aromatic heterocycles. The maximum absolute atomic E-state index is 13.4. The third kappa shape index (κ3) is 7.17. The fourth-order valence-corrected chi connectivity index (χ4v) is 3.94. The molecular weight excluding hydrogens is 517 g/mol. The van der Waals surface area contributed by atoms with Crippen molar-refractivity contribution in [2.45, 2.75) is 11.8 Å². The number of benzene rings is 3. The Hall–Kier alpha value is -4.16. The fourth-order valence-electron chi connectivity index (χ4n) is 3.04. The first-order chi connectivity index (χ1) is 16.9. The smallest absolute Gasteiger partial charge is 0.339 e. The van der Waals surface area contributed by atoms with Crippen molar-refractivity contribution in [1.29, 1.82) is 0 Å². The second kappa shape index (κ2) is 11.1. The Morgan fingerprint density at radius 3 is 2.22 bits per heavy atom. The lowest BCUT2D eigenvalue weighted by atomic mass is 10.2. The summed E-state index contributed by atoms with van der Waals surface area (Å²) in [4.78, 5) is 35.3. The summed E-state index contributed by atoms with van der Waals surface area (Å²) in [7, 11) is -4.96. The largest absolute Gasteiger partial charge is 0.483 e. The molecule has 4 N–H and O–H groups in total. The molecule has 3 aromatic carbocycles. The zero-order valence-electron chi connectivity index (χ0n) is 18.5. The Morgan fingerprint density at radius 2 is 1.58 bits per heavy atom. The average Bonchev–Trinajstić information content (AvgIpc) is 2.79. The van der Waals surface area contributed by atoms with Crippen LogP contribution in [0.3, 0.4) is 0 Å². The molecule has 3 rings (SSSR count). The summed E-state index contributed by atoms with van der Waals surface area (Å²) < 4.78 is 41.1. The van der Waals surface area contributed by atoms with Gasteiger partial charge in [0, 0.05) is 22.1 Å². The van der Waals surface area contributed by atoms with Gasteiger partial charge in [0.15, 0.2) is 6.61 Å². The molecule has 188 valence electrons. The quantitative estimate of drug-likeness (QED) is 0.306. The zero-order chi connectivity index (χ0) is 26.5. The van der Waals surface area contributed by atoms with Crippen molar-refractivity contribution >= 4 is 56.8 Å². The Morgan fingerprint density at radius 1 is 0.944 bits per heavy atom. The molecule has 36 heavy (non-hydrogen) atoms. The number of hydrogen-bond donors (Lipinski definition) is 4. The van der Waals surface area contributed by atoms with Gasteiger partial charge in [-0.1, -0.05) is 23.7 Å². The van der Waals surface area contributed by atoms with Crippen LogP contribution in [0.25, 0.3) is 0 Å². The molecule has 13 heteroatoms. The van der Waals surface area contributed by atoms with E-state index in [2.05, 4.69) is 16.0 Å². The number of carboxylic acids is 1. The van der Waals surface area contributed by atoms with Crippen LogP contribution in [0.15, 0.2) is 65.6 Å². The summed E-state index contributed by atoms with van der Waals surface area (Å²) in [5.74, 6) is -1.89. The van der Waals surface area contributed by atoms with Crippen LogP contribution in [0.1, 0.15) is 15.9 Å². The molecular formula is C23H19ClFN3O7S. The summed E-state index contributed by atoms with van der Waals surface area (Å²) in [6.45, 7) is 0.926. The first-order valence-electron chi connectivity index (χ1n) is 10.1. The minimum atomic E-state index is -4.96. The van der Waals surface area contributed by atoms with Crippen LogP contribution in [0.5, 0.6) is 5.75 Å². The van der Waals surface area contributed by atoms with E-state index in [0.29, 0.717) is 5.69 Å². The molecule has 3 amide bonds. The lowest BCUT2D eigenvalue weighted by Crippen LogP contribution is -2.22. The van der Waals surface area contributed by atoms with Gasteiger partial charge < -0.3 is 25.8 Å². The van der Waals surface area contributed by atoms with E-state index in [0.717, 1.165) is 6.07 Å². The van der Waals surface area contributed by atoms with E-state index in [-0.39, 0.29) is 33.3 Å². The summed E-state index contributed by atoms with van der Waals surface area (Å²) in [6, 6.07) is 13.1. The zero-order valence-corrected chi connectivity index (χ0v) is 20.1. The van der Waals surface area contributed by atoms with Gasteiger partial charge >= 0.3 is 22.2 Å². The van der Waals surface area contributed by atoms with Crippen molar-refractivity contribution in [3.8, 4) is 5.75 Å². The summed E-state index contributed by atoms with van der Waals surface area (Å²) in [6.07, 6.45) is 0. The number of ether oxygens (including phenoxy) is 1. The lowest BCUT2D eigenvalue weighted by Gasteiger charge is -2.12. The van der Waals surface area contributed by atoms with Gasteiger partial charge in [0.25, 0.3) is 5.91 Å². The van der Waals surface area contributed by atoms with E-state index < -0.39 is 39.6 Å². The van der Waals surface area contributed by atoms with E-state index in [4.69, 9.17) is 16.3 Å². The van der Waals surface area contributed by atoms with E-state index in [1.54, 1.807) is 12.1 Å². The predicted octanol–water partition coefficient (Wildman–Crippen LogP) is 4.67. The molecule has 0 radical (unpaired) electrons. The molecule has 0 saturated heterocycles. The highest BCUT2D eigenvalue weighted by Crippen LogP contribution is 2.24. The molecule has 3 aromatic rings. The number of carbonyl (C=O) groups excluding carboxylic acids is 2. The van der Waals surface area contributed by atoms with Gasteiger partial charge in [0.2, 0.25) is 0 Å². The molecule has 0 saturated carbocycles. The molecule has 0 spiro atoms. The maximum Gasteiger partial charge on any atom is 0.339 e. The molecule has 0 unspecified atom stereocenters. The van der Waals surface area contributed by atoms with E-state index in [1.165, 1.54) is 49.4 Å². The standard InChI is InChI=1S/C23H19ClFN3O7S/c1-13-5-7-17(11-20(13)36(25,33)34)28-23(32)27-16-4-2-3-15(10-16)26-21(29)12-35-19-8-6-14(24)9-18(19)22(30)31/h2-11H,12H2,1H3,(H,26,29)(H,30,31)(H2,27,28,32). The Bertz CT molecular complexity index is 1450. The first kappa shape index (κ1) is 26.4. The third-order valence-corrected chi connectivity index (χ3v) is 5.84. The Labute approximate surface area is 210 Å². The molecule has 0 aliphatic heterocycles. The van der Waals surface area contributed by atoms with Crippen LogP contribution in [-0.2, 0) is 15.0 Å². The lowest BCUT2D eigenvalue weighted by molar-refractivity contribution is -0.118. The molecule has 0 atom stereocenters. The van der Waals surface area contributed by atoms with Crippen LogP contribution < -0.4 is 20.7 Å². The highest BCUT2D eigenvalue weighted by molar-refractivity contribution is 7.86. The SMILES string of the molecule is Cc1ccc(NC(=O)Nc2cccc(NC(=O)COc3ccc(Cl)cc3C(=O)O)c2)cc1S(=O)(=O)F. The average molecular weight is 536 g/mol. The number of amides is 3. The van der Waals surface area contributed by atoms with Crippen LogP contribution in [0.2, 0.25) is 5.02 Å². The topological polar surface area (TPSA) is 151 Å². The molecule has 0 fully saturated rings. The van der Waals surface area contributed by atoms with E-state index in [9.17, 15) is 31.8 Å². The van der Waals surface area contributed by atoms with Crippen LogP contribution >= 0.6 is 11.6 Å². The second-order valence-electron chi connectivity index (χ2n) is 7.36. The van der Waals surface area contributed by atoms with E-state index in [1.807, 2.05) is 0 Å². The maximum atomic E-state index is 13.4. The van der Waals surface area contributed by atoms with Crippen molar-refractivity contribution in [2.75, 3.05) is 22.6 Å². The minimum Gasteiger partial charge on any atom is -0.483 e. The van der Waals surface area contributed by atoms with Gasteiger partial charge in [0.05, 0.1) is 0 Å². The van der Waals surface area contributed by atoms with Gasteiger partial charge in [-0.05, 0) is 61.0 Å². The summed E-state index contributed by atoms with van der Waals surface area (Å²) >= 11 is 5.79. The highest BCUT2D eigenvalue weighted by atomic mass is 35.5. The normalized spacial score (nSPS) is 10.9. The molecule has 0 aliphatic rings. The number of anilines is 3. The Balaban J connectivity index is 1.60. The number of aromatic carboxylic acids is 1. The highest BCUT2D eigenvalue weighted by Gasteiger charge is 2.17. The van der Waals surface area contributed by atoms with Crippen molar-refractivity contribution in [3.63, 3.8) is 0 Å². The van der Waals surface area contributed by atoms with Gasteiger partial charge in [-0.15, -0.1) is 3.89 Å². The summed E-state index contributed by atoms with van der Waals surface area (Å²) in [5.41, 5.74) is 0.627. The van der Waals surface area contributed by atoms with Crippen LogP contribution in [-0.4, -0.2) is 38.0 Å². The minimum absolute atomic E-state index is 0.0334. The van der Waals surface area contributed by atoms with Gasteiger partial charge in [-0.3, -0.25) is 4.79 Å². The monoisotopic (exact) mass is 535 g/mol. The number of hydrogen-bond acceptors (Lipinski definition) is 6. The Kier molecular flexibility index (Phi) is 8.12. The van der Waals surface area contributed by atoms with E-state index >= 15 is 0 Å². The third-order valence-electron chi connectivity index (χ3n) is 4.64. The number of carbonyl (C=O) groups is 3. The van der Waals surface area contributed by atoms with Gasteiger partial charge in [-0.25, -0.2) is 9.59 Å². The van der Waals surface area contributed by atoms with Gasteiger partial charge in [0.1, 0.15) is 16.2 Å². The first-order valence-corrected chi connectivity index (χ1v) is 11.9. The van der Waals surface area contributed by atoms with Crippen molar-refractivity contribution < 1.29 is 36.5 Å². The summed E-state index contributed by atoms with van der Waals surface area (Å²) in [5, 5.41) is 16.9. The molecule has 10 nitrogen and oxygen atoms in total. The second-order valence-corrected chi connectivity index (χ2v) is 9.11. The van der Waals surface area contributed by atoms with Crippen LogP contribution in [0, 0.1) is 6.92 Å². The van der Waals surface area contributed by atoms with Gasteiger partial charge in [-0.2, -0.15) is 8.42 Å². The fraction of sp³-hybridized carbons (Fsp3) is 0.0870. The number of urea groups is 1. The van der Waals surface area contributed by atoms with Crippen molar-refractivity contribution in [2.24, 2.45) is 0 Å².